The van der Waals surface area contributed by atoms with Gasteiger partial charge in [-0.3, -0.25) is 0 Å². The van der Waals surface area contributed by atoms with E-state index < -0.39 is 6.09 Å². The Kier molecular flexibility index (Phi) is 4.94. The van der Waals surface area contributed by atoms with Crippen LogP contribution in [0.15, 0.2) is 35.4 Å². The van der Waals surface area contributed by atoms with Crippen molar-refractivity contribution in [2.75, 3.05) is 6.61 Å². The zero-order valence-corrected chi connectivity index (χ0v) is 8.64. The number of hydrazone groups is 1. The highest BCUT2D eigenvalue weighted by Gasteiger charge is 1.94. The molecule has 1 aromatic carbocycles. The topological polar surface area (TPSA) is 50.7 Å². The second-order valence-electron chi connectivity index (χ2n) is 2.83. The van der Waals surface area contributed by atoms with Gasteiger partial charge in [0.2, 0.25) is 0 Å². The van der Waals surface area contributed by atoms with Crippen molar-refractivity contribution in [2.45, 2.75) is 13.3 Å². The minimum Gasteiger partial charge on any atom is -0.449 e. The lowest BCUT2D eigenvalue weighted by atomic mass is 10.2. The molecule has 15 heavy (non-hydrogen) atoms. The SMILES string of the molecule is CCOC(=O)N/N=C\Cc1ccccc1. The molecule has 0 radical (unpaired) electrons. The highest BCUT2D eigenvalue weighted by atomic mass is 16.5. The molecule has 1 amide bonds. The standard InChI is InChI=1S/C11H14N2O2/c1-2-15-11(14)13-12-9-8-10-6-4-3-5-7-10/h3-7,9H,2,8H2,1H3,(H,13,14)/b12-9-. The molecule has 0 unspecified atom stereocenters. The number of nitrogens with one attached hydrogen (secondary N) is 1. The Morgan fingerprint density at radius 2 is 2.20 bits per heavy atom. The monoisotopic (exact) mass is 206 g/mol. The molecule has 0 aliphatic carbocycles. The maximum absolute atomic E-state index is 10.8. The van der Waals surface area contributed by atoms with Crippen LogP contribution >= 0.6 is 0 Å². The first kappa shape index (κ1) is 11.2. The summed E-state index contributed by atoms with van der Waals surface area (Å²) >= 11 is 0. The molecule has 80 valence electrons. The van der Waals surface area contributed by atoms with Gasteiger partial charge in [0.25, 0.3) is 0 Å². The Hall–Kier alpha value is -1.84. The largest absolute Gasteiger partial charge is 0.449 e. The first-order valence-corrected chi connectivity index (χ1v) is 4.81. The maximum Gasteiger partial charge on any atom is 0.427 e. The Balaban J connectivity index is 2.26. The predicted molar refractivity (Wildman–Crippen MR) is 58.8 cm³/mol. The Morgan fingerprint density at radius 3 is 2.87 bits per heavy atom. The van der Waals surface area contributed by atoms with Crippen molar-refractivity contribution in [3.63, 3.8) is 0 Å². The highest BCUT2D eigenvalue weighted by molar-refractivity contribution is 5.69. The van der Waals surface area contributed by atoms with E-state index in [0.29, 0.717) is 13.0 Å². The van der Waals surface area contributed by atoms with Gasteiger partial charge in [0.15, 0.2) is 0 Å². The molecule has 0 atom stereocenters. The first-order chi connectivity index (χ1) is 7.33. The molecule has 0 aliphatic rings. The zero-order valence-electron chi connectivity index (χ0n) is 8.64. The van der Waals surface area contributed by atoms with Crippen molar-refractivity contribution in [1.29, 1.82) is 0 Å². The van der Waals surface area contributed by atoms with E-state index in [9.17, 15) is 4.79 Å². The van der Waals surface area contributed by atoms with Gasteiger partial charge in [-0.05, 0) is 12.5 Å². The number of carbonyl (C=O) groups excluding carboxylic acids is 1. The van der Waals surface area contributed by atoms with Crippen LogP contribution in [0.2, 0.25) is 0 Å². The summed E-state index contributed by atoms with van der Waals surface area (Å²) in [7, 11) is 0. The van der Waals surface area contributed by atoms with Crippen molar-refractivity contribution in [1.82, 2.24) is 5.43 Å². The summed E-state index contributed by atoms with van der Waals surface area (Å²) in [6.45, 7) is 2.09. The molecular formula is C11H14N2O2. The molecule has 1 aromatic rings. The molecule has 4 nitrogen and oxygen atoms in total. The van der Waals surface area contributed by atoms with Crippen LogP contribution in [-0.4, -0.2) is 18.9 Å². The van der Waals surface area contributed by atoms with Crippen LogP contribution in [0.3, 0.4) is 0 Å². The van der Waals surface area contributed by atoms with Crippen LogP contribution in [0.5, 0.6) is 0 Å². The summed E-state index contributed by atoms with van der Waals surface area (Å²) in [5, 5.41) is 3.74. The van der Waals surface area contributed by atoms with E-state index in [2.05, 4.69) is 15.3 Å². The van der Waals surface area contributed by atoms with Crippen LogP contribution in [0.1, 0.15) is 12.5 Å². The van der Waals surface area contributed by atoms with E-state index in [4.69, 9.17) is 0 Å². The molecule has 0 aliphatic heterocycles. The molecule has 0 spiro atoms. The van der Waals surface area contributed by atoms with Gasteiger partial charge in [0.1, 0.15) is 0 Å². The molecule has 1 rings (SSSR count). The maximum atomic E-state index is 10.8. The summed E-state index contributed by atoms with van der Waals surface area (Å²) in [5.74, 6) is 0. The average molecular weight is 206 g/mol. The van der Waals surface area contributed by atoms with Gasteiger partial charge in [-0.25, -0.2) is 10.2 Å². The van der Waals surface area contributed by atoms with E-state index in [1.165, 1.54) is 0 Å². The summed E-state index contributed by atoms with van der Waals surface area (Å²) in [6.07, 6.45) is 1.79. The summed E-state index contributed by atoms with van der Waals surface area (Å²) < 4.78 is 4.63. The van der Waals surface area contributed by atoms with E-state index >= 15 is 0 Å². The van der Waals surface area contributed by atoms with Crippen molar-refractivity contribution >= 4 is 12.3 Å². The fourth-order valence-electron chi connectivity index (χ4n) is 1.03. The lowest BCUT2D eigenvalue weighted by Gasteiger charge is -1.98. The number of benzene rings is 1. The predicted octanol–water partition coefficient (Wildman–Crippen LogP) is 1.96. The van der Waals surface area contributed by atoms with Gasteiger partial charge < -0.3 is 4.74 Å². The Labute approximate surface area is 88.9 Å². The van der Waals surface area contributed by atoms with Crippen molar-refractivity contribution in [2.24, 2.45) is 5.10 Å². The van der Waals surface area contributed by atoms with Crippen LogP contribution in [0, 0.1) is 0 Å². The molecule has 1 N–H and O–H groups in total. The smallest absolute Gasteiger partial charge is 0.427 e. The van der Waals surface area contributed by atoms with Crippen molar-refractivity contribution in [3.05, 3.63) is 35.9 Å². The molecule has 4 heteroatoms. The molecular weight excluding hydrogens is 192 g/mol. The van der Waals surface area contributed by atoms with Gasteiger partial charge in [-0.15, -0.1) is 0 Å². The van der Waals surface area contributed by atoms with Gasteiger partial charge in [0.05, 0.1) is 6.61 Å². The lowest BCUT2D eigenvalue weighted by molar-refractivity contribution is 0.152. The number of rotatable bonds is 4. The molecule has 0 saturated carbocycles. The lowest BCUT2D eigenvalue weighted by Crippen LogP contribution is -2.18. The number of nitrogens with zero attached hydrogens (tertiary/aromatic N) is 1. The van der Waals surface area contributed by atoms with E-state index in [-0.39, 0.29) is 0 Å². The van der Waals surface area contributed by atoms with Crippen LogP contribution < -0.4 is 5.43 Å². The minimum absolute atomic E-state index is 0.347. The summed E-state index contributed by atoms with van der Waals surface area (Å²) in [4.78, 5) is 10.8. The second kappa shape index (κ2) is 6.59. The zero-order chi connectivity index (χ0) is 10.9. The van der Waals surface area contributed by atoms with Gasteiger partial charge in [-0.1, -0.05) is 30.3 Å². The summed E-state index contributed by atoms with van der Waals surface area (Å²) in [5.41, 5.74) is 3.41. The Morgan fingerprint density at radius 1 is 1.47 bits per heavy atom. The number of hydrogen-bond acceptors (Lipinski definition) is 3. The van der Waals surface area contributed by atoms with Crippen LogP contribution in [-0.2, 0) is 11.2 Å². The molecule has 0 fully saturated rings. The minimum atomic E-state index is -0.526. The number of carbonyl (C=O) groups is 1. The Bertz CT molecular complexity index is 323. The number of ether oxygens (including phenoxy) is 1. The average Bonchev–Trinajstić information content (AvgIpc) is 2.26. The third-order valence-corrected chi connectivity index (χ3v) is 1.69. The number of amides is 1. The van der Waals surface area contributed by atoms with Crippen molar-refractivity contribution in [3.8, 4) is 0 Å². The fraction of sp³-hybridized carbons (Fsp3) is 0.273. The first-order valence-electron chi connectivity index (χ1n) is 4.81. The molecule has 0 heterocycles. The van der Waals surface area contributed by atoms with Gasteiger partial charge in [0, 0.05) is 12.6 Å². The van der Waals surface area contributed by atoms with Gasteiger partial charge >= 0.3 is 6.09 Å². The second-order valence-corrected chi connectivity index (χ2v) is 2.83. The van der Waals surface area contributed by atoms with E-state index in [1.807, 2.05) is 30.3 Å². The third kappa shape index (κ3) is 4.81. The molecule has 0 aromatic heterocycles. The third-order valence-electron chi connectivity index (χ3n) is 1.69. The quantitative estimate of drug-likeness (QED) is 0.604. The normalized spacial score (nSPS) is 10.2. The highest BCUT2D eigenvalue weighted by Crippen LogP contribution is 1.96. The number of hydrogen-bond donors (Lipinski definition) is 1. The fourth-order valence-corrected chi connectivity index (χ4v) is 1.03. The molecule has 0 saturated heterocycles. The van der Waals surface area contributed by atoms with Crippen LogP contribution in [0.4, 0.5) is 4.79 Å². The van der Waals surface area contributed by atoms with Crippen LogP contribution in [0.25, 0.3) is 0 Å². The van der Waals surface area contributed by atoms with E-state index in [0.717, 1.165) is 5.56 Å². The van der Waals surface area contributed by atoms with Crippen molar-refractivity contribution < 1.29 is 9.53 Å². The summed E-state index contributed by atoms with van der Waals surface area (Å²) in [6, 6.07) is 9.87. The van der Waals surface area contributed by atoms with Gasteiger partial charge in [-0.2, -0.15) is 5.10 Å². The van der Waals surface area contributed by atoms with E-state index in [1.54, 1.807) is 13.1 Å². The molecule has 0 bridgehead atoms.